The first kappa shape index (κ1) is 13.2. The lowest BCUT2D eigenvalue weighted by molar-refractivity contribution is -0.172. The highest BCUT2D eigenvalue weighted by molar-refractivity contribution is 5.82. The third-order valence-electron chi connectivity index (χ3n) is 4.14. The van der Waals surface area contributed by atoms with Crippen molar-refractivity contribution >= 4 is 11.9 Å². The second kappa shape index (κ2) is 4.63. The van der Waals surface area contributed by atoms with Gasteiger partial charge in [-0.3, -0.25) is 4.79 Å². The van der Waals surface area contributed by atoms with E-state index in [9.17, 15) is 14.7 Å². The van der Waals surface area contributed by atoms with E-state index in [2.05, 4.69) is 6.92 Å². The Hall–Kier alpha value is -1.82. The van der Waals surface area contributed by atoms with Crippen LogP contribution >= 0.6 is 0 Å². The zero-order valence-corrected chi connectivity index (χ0v) is 11.4. The van der Waals surface area contributed by atoms with Crippen LogP contribution < -0.4 is 0 Å². The Kier molecular flexibility index (Phi) is 3.05. The van der Waals surface area contributed by atoms with Crippen LogP contribution in [0.25, 0.3) is 0 Å². The van der Waals surface area contributed by atoms with E-state index in [1.807, 2.05) is 6.07 Å². The number of carboxylic acid groups (broad SMARTS) is 1. The summed E-state index contributed by atoms with van der Waals surface area (Å²) in [7, 11) is 1.58. The quantitative estimate of drug-likeness (QED) is 0.904. The number of likely N-dealkylation sites (N-methyl/N-ethyl adjacent to an activating group) is 1. The Balaban J connectivity index is 1.89. The summed E-state index contributed by atoms with van der Waals surface area (Å²) in [5.74, 6) is 1.02. The standard InChI is InChI=1S/C14H17NO5/c1-7-5-8(7)9-3-4-10(20-9)12-13(14(17)18)19-6-11(16)15(12)2/h3-4,7-8,12-13H,5-6H2,1-2H3,(H,17,18). The molecule has 1 N–H and O–H groups in total. The van der Waals surface area contributed by atoms with E-state index in [0.717, 1.165) is 12.2 Å². The number of carbonyl (C=O) groups is 2. The van der Waals surface area contributed by atoms with Crippen LogP contribution in [0.15, 0.2) is 16.5 Å². The number of nitrogens with zero attached hydrogens (tertiary/aromatic N) is 1. The first-order valence-corrected chi connectivity index (χ1v) is 6.68. The lowest BCUT2D eigenvalue weighted by Gasteiger charge is -2.35. The first-order chi connectivity index (χ1) is 9.49. The minimum Gasteiger partial charge on any atom is -0.479 e. The first-order valence-electron chi connectivity index (χ1n) is 6.68. The van der Waals surface area contributed by atoms with Gasteiger partial charge < -0.3 is 19.2 Å². The number of carboxylic acids is 1. The van der Waals surface area contributed by atoms with Gasteiger partial charge in [-0.25, -0.2) is 4.79 Å². The lowest BCUT2D eigenvalue weighted by atomic mass is 10.1. The number of furan rings is 1. The molecule has 4 atom stereocenters. The summed E-state index contributed by atoms with van der Waals surface area (Å²) in [6.45, 7) is 1.93. The average molecular weight is 279 g/mol. The maximum atomic E-state index is 11.7. The molecular formula is C14H17NO5. The maximum Gasteiger partial charge on any atom is 0.335 e. The van der Waals surface area contributed by atoms with E-state index in [0.29, 0.717) is 17.6 Å². The molecular weight excluding hydrogens is 262 g/mol. The lowest BCUT2D eigenvalue weighted by Crippen LogP contribution is -2.49. The van der Waals surface area contributed by atoms with Crippen molar-refractivity contribution in [3.05, 3.63) is 23.7 Å². The summed E-state index contributed by atoms with van der Waals surface area (Å²) >= 11 is 0. The topological polar surface area (TPSA) is 80.0 Å². The minimum atomic E-state index is -1.09. The number of carbonyl (C=O) groups excluding carboxylic acids is 1. The third-order valence-corrected chi connectivity index (χ3v) is 4.14. The van der Waals surface area contributed by atoms with Gasteiger partial charge in [0.05, 0.1) is 0 Å². The predicted octanol–water partition coefficient (Wildman–Crippen LogP) is 1.39. The molecule has 1 amide bonds. The van der Waals surface area contributed by atoms with Gasteiger partial charge in [0.2, 0.25) is 5.91 Å². The van der Waals surface area contributed by atoms with Crippen LogP contribution in [0.1, 0.15) is 36.8 Å². The molecule has 20 heavy (non-hydrogen) atoms. The molecule has 0 bridgehead atoms. The van der Waals surface area contributed by atoms with Gasteiger partial charge >= 0.3 is 5.97 Å². The summed E-state index contributed by atoms with van der Waals surface area (Å²) in [4.78, 5) is 24.4. The van der Waals surface area contributed by atoms with Crippen LogP contribution in [-0.4, -0.2) is 41.6 Å². The fourth-order valence-corrected chi connectivity index (χ4v) is 2.70. The summed E-state index contributed by atoms with van der Waals surface area (Å²) < 4.78 is 10.9. The Morgan fingerprint density at radius 2 is 2.05 bits per heavy atom. The van der Waals surface area contributed by atoms with E-state index in [1.54, 1.807) is 13.1 Å². The van der Waals surface area contributed by atoms with Gasteiger partial charge in [0.1, 0.15) is 24.2 Å². The minimum absolute atomic E-state index is 0.211. The van der Waals surface area contributed by atoms with Gasteiger partial charge in [0, 0.05) is 13.0 Å². The fourth-order valence-electron chi connectivity index (χ4n) is 2.70. The van der Waals surface area contributed by atoms with Crippen LogP contribution in [-0.2, 0) is 14.3 Å². The van der Waals surface area contributed by atoms with E-state index >= 15 is 0 Å². The van der Waals surface area contributed by atoms with Crippen LogP contribution in [0.5, 0.6) is 0 Å². The van der Waals surface area contributed by atoms with Crippen molar-refractivity contribution in [3.63, 3.8) is 0 Å². The predicted molar refractivity (Wildman–Crippen MR) is 68.1 cm³/mol. The van der Waals surface area contributed by atoms with Gasteiger partial charge in [0.15, 0.2) is 6.10 Å². The number of hydrogen-bond donors (Lipinski definition) is 1. The van der Waals surface area contributed by atoms with Crippen LogP contribution in [0.2, 0.25) is 0 Å². The number of amides is 1. The van der Waals surface area contributed by atoms with Gasteiger partial charge in [-0.05, 0) is 24.5 Å². The Labute approximate surface area is 116 Å². The number of rotatable bonds is 3. The average Bonchev–Trinajstić information content (AvgIpc) is 2.94. The van der Waals surface area contributed by atoms with Crippen molar-refractivity contribution in [2.75, 3.05) is 13.7 Å². The van der Waals surface area contributed by atoms with E-state index in [4.69, 9.17) is 9.15 Å². The van der Waals surface area contributed by atoms with E-state index < -0.39 is 18.1 Å². The highest BCUT2D eigenvalue weighted by atomic mass is 16.5. The maximum absolute atomic E-state index is 11.7. The number of hydrogen-bond acceptors (Lipinski definition) is 4. The summed E-state index contributed by atoms with van der Waals surface area (Å²) in [6.07, 6.45) is -0.000972. The fraction of sp³-hybridized carbons (Fsp3) is 0.571. The number of ether oxygens (including phenoxy) is 1. The largest absolute Gasteiger partial charge is 0.479 e. The molecule has 2 aliphatic rings. The zero-order valence-electron chi connectivity index (χ0n) is 11.4. The van der Waals surface area contributed by atoms with Gasteiger partial charge in [-0.1, -0.05) is 6.92 Å². The van der Waals surface area contributed by atoms with Crippen LogP contribution in [0, 0.1) is 5.92 Å². The van der Waals surface area contributed by atoms with Crippen molar-refractivity contribution in [3.8, 4) is 0 Å². The molecule has 0 spiro atoms. The Morgan fingerprint density at radius 3 is 2.65 bits per heavy atom. The van der Waals surface area contributed by atoms with Gasteiger partial charge in [0.25, 0.3) is 0 Å². The summed E-state index contributed by atoms with van der Waals surface area (Å²) in [5.41, 5.74) is 0. The molecule has 0 radical (unpaired) electrons. The zero-order chi connectivity index (χ0) is 14.4. The van der Waals surface area contributed by atoms with E-state index in [-0.39, 0.29) is 12.5 Å². The van der Waals surface area contributed by atoms with Gasteiger partial charge in [-0.2, -0.15) is 0 Å². The second-order valence-electron chi connectivity index (χ2n) is 5.58. The highest BCUT2D eigenvalue weighted by Crippen LogP contribution is 2.48. The molecule has 2 heterocycles. The molecule has 4 unspecified atom stereocenters. The Morgan fingerprint density at radius 1 is 1.40 bits per heavy atom. The van der Waals surface area contributed by atoms with Crippen LogP contribution in [0.3, 0.4) is 0 Å². The highest BCUT2D eigenvalue weighted by Gasteiger charge is 2.43. The van der Waals surface area contributed by atoms with Crippen molar-refractivity contribution < 1.29 is 23.8 Å². The molecule has 1 aliphatic carbocycles. The molecule has 0 aromatic carbocycles. The molecule has 3 rings (SSSR count). The number of aliphatic carboxylic acids is 1. The summed E-state index contributed by atoms with van der Waals surface area (Å²) in [6, 6.07) is 2.91. The molecule has 1 aromatic heterocycles. The van der Waals surface area contributed by atoms with Gasteiger partial charge in [-0.15, -0.1) is 0 Å². The van der Waals surface area contributed by atoms with Crippen molar-refractivity contribution in [2.45, 2.75) is 31.4 Å². The monoisotopic (exact) mass is 279 g/mol. The normalized spacial score (nSPS) is 33.3. The SMILES string of the molecule is CC1CC1c1ccc(C2C(C(=O)O)OCC(=O)N2C)o1. The van der Waals surface area contributed by atoms with Crippen molar-refractivity contribution in [1.29, 1.82) is 0 Å². The second-order valence-corrected chi connectivity index (χ2v) is 5.58. The van der Waals surface area contributed by atoms with E-state index in [1.165, 1.54) is 4.90 Å². The molecule has 108 valence electrons. The van der Waals surface area contributed by atoms with Crippen molar-refractivity contribution in [2.24, 2.45) is 5.92 Å². The molecule has 1 saturated heterocycles. The molecule has 1 aromatic rings. The summed E-state index contributed by atoms with van der Waals surface area (Å²) in [5, 5.41) is 9.24. The molecule has 1 aliphatic heterocycles. The van der Waals surface area contributed by atoms with Crippen LogP contribution in [0.4, 0.5) is 0 Å². The third kappa shape index (κ3) is 2.10. The number of morpholine rings is 1. The molecule has 1 saturated carbocycles. The molecule has 6 nitrogen and oxygen atoms in total. The molecule has 2 fully saturated rings. The Bertz CT molecular complexity index is 552. The smallest absolute Gasteiger partial charge is 0.335 e. The van der Waals surface area contributed by atoms with Crippen molar-refractivity contribution in [1.82, 2.24) is 4.90 Å². The molecule has 6 heteroatoms.